The number of anilines is 1. The van der Waals surface area contributed by atoms with E-state index in [2.05, 4.69) is 10.3 Å². The van der Waals surface area contributed by atoms with Gasteiger partial charge in [0, 0.05) is 29.1 Å². The second-order valence-electron chi connectivity index (χ2n) is 5.31. The molecular weight excluding hydrogens is 386 g/mol. The molecule has 0 spiro atoms. The van der Waals surface area contributed by atoms with E-state index in [1.165, 1.54) is 29.3 Å². The van der Waals surface area contributed by atoms with Crippen LogP contribution in [0.2, 0.25) is 0 Å². The van der Waals surface area contributed by atoms with Gasteiger partial charge in [-0.25, -0.2) is 4.98 Å². The molecule has 27 heavy (non-hydrogen) atoms. The summed E-state index contributed by atoms with van der Waals surface area (Å²) in [7, 11) is 3.17. The normalized spacial score (nSPS) is 10.4. The van der Waals surface area contributed by atoms with Crippen LogP contribution >= 0.6 is 23.1 Å². The molecular formula is C18H17N3O4S2. The minimum Gasteiger partial charge on any atom is -0.618 e. The maximum Gasteiger partial charge on any atom is 0.251 e. The van der Waals surface area contributed by atoms with Gasteiger partial charge in [0.1, 0.15) is 11.5 Å². The van der Waals surface area contributed by atoms with Crippen LogP contribution in [-0.2, 0) is 4.79 Å². The first-order valence-electron chi connectivity index (χ1n) is 7.89. The van der Waals surface area contributed by atoms with Crippen molar-refractivity contribution in [1.29, 1.82) is 0 Å². The summed E-state index contributed by atoms with van der Waals surface area (Å²) in [5.74, 6) is 1.21. The molecule has 7 nitrogen and oxygen atoms in total. The van der Waals surface area contributed by atoms with Gasteiger partial charge >= 0.3 is 0 Å². The molecule has 0 aliphatic rings. The number of thioether (sulfide) groups is 1. The van der Waals surface area contributed by atoms with E-state index in [0.29, 0.717) is 27.4 Å². The van der Waals surface area contributed by atoms with Crippen LogP contribution in [-0.4, -0.2) is 30.9 Å². The Morgan fingerprint density at radius 2 is 2.15 bits per heavy atom. The number of nitrogens with zero attached hydrogens (tertiary/aromatic N) is 2. The number of ether oxygens (including phenoxy) is 2. The molecule has 9 heteroatoms. The lowest BCUT2D eigenvalue weighted by Gasteiger charge is -2.08. The zero-order valence-electron chi connectivity index (χ0n) is 14.7. The highest BCUT2D eigenvalue weighted by atomic mass is 32.2. The van der Waals surface area contributed by atoms with Gasteiger partial charge in [0.25, 0.3) is 5.03 Å². The molecule has 1 aromatic carbocycles. The molecule has 2 heterocycles. The fourth-order valence-electron chi connectivity index (χ4n) is 2.28. The van der Waals surface area contributed by atoms with E-state index in [1.54, 1.807) is 38.5 Å². The molecule has 140 valence electrons. The molecule has 0 saturated carbocycles. The first-order chi connectivity index (χ1) is 13.1. The molecule has 0 saturated heterocycles. The van der Waals surface area contributed by atoms with Gasteiger partial charge in [0.05, 0.1) is 25.7 Å². The molecule has 0 unspecified atom stereocenters. The Morgan fingerprint density at radius 1 is 1.30 bits per heavy atom. The fourth-order valence-corrected chi connectivity index (χ4v) is 3.72. The number of carbonyl (C=O) groups is 1. The number of benzene rings is 1. The van der Waals surface area contributed by atoms with Crippen LogP contribution < -0.4 is 19.5 Å². The summed E-state index contributed by atoms with van der Waals surface area (Å²) < 4.78 is 11.3. The number of hydrogen-bond acceptors (Lipinski definition) is 7. The van der Waals surface area contributed by atoms with E-state index in [4.69, 9.17) is 9.47 Å². The highest BCUT2D eigenvalue weighted by Gasteiger charge is 2.14. The lowest BCUT2D eigenvalue weighted by Crippen LogP contribution is -2.28. The Balaban J connectivity index is 1.66. The molecule has 0 fully saturated rings. The fraction of sp³-hybridized carbons (Fsp3) is 0.167. The number of pyridine rings is 1. The number of methoxy groups -OCH3 is 2. The monoisotopic (exact) mass is 403 g/mol. The number of rotatable bonds is 7. The van der Waals surface area contributed by atoms with Gasteiger partial charge < -0.3 is 20.0 Å². The number of amides is 1. The van der Waals surface area contributed by atoms with Crippen LogP contribution in [0.5, 0.6) is 11.5 Å². The van der Waals surface area contributed by atoms with Gasteiger partial charge in [0.15, 0.2) is 11.3 Å². The van der Waals surface area contributed by atoms with Gasteiger partial charge in [-0.05, 0) is 30.0 Å². The van der Waals surface area contributed by atoms with E-state index in [0.717, 1.165) is 10.3 Å². The summed E-state index contributed by atoms with van der Waals surface area (Å²) in [6.07, 6.45) is 1.40. The number of nitrogens with one attached hydrogen (secondary N) is 1. The number of aromatic nitrogens is 2. The zero-order valence-corrected chi connectivity index (χ0v) is 16.3. The van der Waals surface area contributed by atoms with Gasteiger partial charge in [-0.3, -0.25) is 4.79 Å². The molecule has 0 aliphatic carbocycles. The summed E-state index contributed by atoms with van der Waals surface area (Å²) in [6, 6.07) is 10.5. The quantitative estimate of drug-likeness (QED) is 0.370. The van der Waals surface area contributed by atoms with E-state index >= 15 is 0 Å². The van der Waals surface area contributed by atoms with Crippen molar-refractivity contribution in [3.63, 3.8) is 0 Å². The Morgan fingerprint density at radius 3 is 2.89 bits per heavy atom. The van der Waals surface area contributed by atoms with Crippen LogP contribution in [0.4, 0.5) is 5.13 Å². The summed E-state index contributed by atoms with van der Waals surface area (Å²) >= 11 is 2.49. The summed E-state index contributed by atoms with van der Waals surface area (Å²) in [5, 5.41) is 17.1. The zero-order chi connectivity index (χ0) is 19.2. The van der Waals surface area contributed by atoms with Crippen LogP contribution in [0, 0.1) is 5.21 Å². The number of hydrogen-bond donors (Lipinski definition) is 1. The first kappa shape index (κ1) is 19.0. The average Bonchev–Trinajstić information content (AvgIpc) is 3.15. The molecule has 0 aliphatic heterocycles. The van der Waals surface area contributed by atoms with Crippen LogP contribution in [0.1, 0.15) is 0 Å². The topological polar surface area (TPSA) is 87.4 Å². The second-order valence-corrected chi connectivity index (χ2v) is 7.16. The van der Waals surface area contributed by atoms with E-state index in [-0.39, 0.29) is 11.7 Å². The van der Waals surface area contributed by atoms with Crippen molar-refractivity contribution >= 4 is 34.1 Å². The van der Waals surface area contributed by atoms with Crippen LogP contribution in [0.15, 0.2) is 53.0 Å². The van der Waals surface area contributed by atoms with E-state index < -0.39 is 0 Å². The third-order valence-corrected chi connectivity index (χ3v) is 5.35. The van der Waals surface area contributed by atoms with Crippen LogP contribution in [0.25, 0.3) is 11.3 Å². The van der Waals surface area contributed by atoms with Crippen molar-refractivity contribution in [3.8, 4) is 22.8 Å². The van der Waals surface area contributed by atoms with Crippen molar-refractivity contribution in [2.75, 3.05) is 25.3 Å². The largest absolute Gasteiger partial charge is 0.618 e. The third kappa shape index (κ3) is 4.69. The van der Waals surface area contributed by atoms with Crippen molar-refractivity contribution in [1.82, 2.24) is 4.98 Å². The molecule has 2 aromatic heterocycles. The van der Waals surface area contributed by atoms with Crippen molar-refractivity contribution < 1.29 is 19.0 Å². The molecule has 1 amide bonds. The summed E-state index contributed by atoms with van der Waals surface area (Å²) in [5.41, 5.74) is 1.50. The number of thiazole rings is 1. The van der Waals surface area contributed by atoms with Gasteiger partial charge in [-0.15, -0.1) is 11.3 Å². The molecule has 0 bridgehead atoms. The summed E-state index contributed by atoms with van der Waals surface area (Å²) in [6.45, 7) is 0. The predicted octanol–water partition coefficient (Wildman–Crippen LogP) is 3.19. The average molecular weight is 403 g/mol. The highest BCUT2D eigenvalue weighted by molar-refractivity contribution is 7.99. The third-order valence-electron chi connectivity index (χ3n) is 3.57. The molecule has 1 N–H and O–H groups in total. The Kier molecular flexibility index (Phi) is 6.15. The van der Waals surface area contributed by atoms with Crippen LogP contribution in [0.3, 0.4) is 0 Å². The maximum absolute atomic E-state index is 12.1. The lowest BCUT2D eigenvalue weighted by atomic mass is 10.1. The Bertz CT molecular complexity index is 946. The highest BCUT2D eigenvalue weighted by Crippen LogP contribution is 2.34. The standard InChI is InChI=1S/C18H17N3O4S2/c1-24-12-6-7-13(15(9-12)25-2)14-10-27-18(19-14)20-16(22)11-26-17-5-3-4-8-21(17)23/h3-10H,11H2,1-2H3,(H,19,20,22). The van der Waals surface area contributed by atoms with E-state index in [9.17, 15) is 10.0 Å². The van der Waals surface area contributed by atoms with E-state index in [1.807, 2.05) is 17.5 Å². The molecule has 0 atom stereocenters. The van der Waals surface area contributed by atoms with Crippen molar-refractivity contribution in [2.45, 2.75) is 5.03 Å². The molecule has 0 radical (unpaired) electrons. The Hall–Kier alpha value is -2.78. The van der Waals surface area contributed by atoms with Gasteiger partial charge in [0.2, 0.25) is 5.91 Å². The second kappa shape index (κ2) is 8.74. The Labute approximate surface area is 164 Å². The smallest absolute Gasteiger partial charge is 0.251 e. The lowest BCUT2D eigenvalue weighted by molar-refractivity contribution is -0.645. The molecule has 3 aromatic rings. The van der Waals surface area contributed by atoms with Gasteiger partial charge in [-0.2, -0.15) is 4.73 Å². The minimum absolute atomic E-state index is 0.118. The minimum atomic E-state index is -0.230. The van der Waals surface area contributed by atoms with Crippen molar-refractivity contribution in [3.05, 3.63) is 53.2 Å². The van der Waals surface area contributed by atoms with Gasteiger partial charge in [-0.1, -0.05) is 0 Å². The first-order valence-corrected chi connectivity index (χ1v) is 9.76. The molecule has 3 rings (SSSR count). The SMILES string of the molecule is COc1ccc(-c2csc(NC(=O)CSc3cccc[n+]3[O-])n2)c(OC)c1. The number of carbonyl (C=O) groups excluding carboxylic acids is 1. The predicted molar refractivity (Wildman–Crippen MR) is 105 cm³/mol. The maximum atomic E-state index is 12.1. The summed E-state index contributed by atoms with van der Waals surface area (Å²) in [4.78, 5) is 16.6. The van der Waals surface area contributed by atoms with Crippen molar-refractivity contribution in [2.24, 2.45) is 0 Å².